The Kier molecular flexibility index (Phi) is 3.11. The molecule has 0 radical (unpaired) electrons. The summed E-state index contributed by atoms with van der Waals surface area (Å²) in [4.78, 5) is 0. The largest absolute Gasteiger partial charge is 0.316 e. The summed E-state index contributed by atoms with van der Waals surface area (Å²) in [6.45, 7) is 4.08. The molecule has 3 nitrogen and oxygen atoms in total. The molecule has 62 valence electrons. The lowest BCUT2D eigenvalue weighted by Gasteiger charge is -1.95. The van der Waals surface area contributed by atoms with Gasteiger partial charge in [0.05, 0.1) is 6.20 Å². The van der Waals surface area contributed by atoms with Gasteiger partial charge < -0.3 is 5.32 Å². The second-order valence-electron chi connectivity index (χ2n) is 2.64. The van der Waals surface area contributed by atoms with E-state index in [1.54, 1.807) is 0 Å². The second-order valence-corrected chi connectivity index (χ2v) is 2.64. The molecule has 1 N–H and O–H groups in total. The molecule has 0 atom stereocenters. The van der Waals surface area contributed by atoms with Crippen LogP contribution in [-0.4, -0.2) is 16.8 Å². The Morgan fingerprint density at radius 3 is 3.09 bits per heavy atom. The average Bonchev–Trinajstić information content (AvgIpc) is 2.38. The van der Waals surface area contributed by atoms with E-state index in [1.165, 1.54) is 5.56 Å². The van der Waals surface area contributed by atoms with Crippen molar-refractivity contribution in [3.05, 3.63) is 18.0 Å². The van der Waals surface area contributed by atoms with Gasteiger partial charge in [-0.3, -0.25) is 4.68 Å². The van der Waals surface area contributed by atoms with E-state index >= 15 is 0 Å². The first kappa shape index (κ1) is 8.27. The lowest BCUT2D eigenvalue weighted by molar-refractivity contribution is 0.602. The Morgan fingerprint density at radius 1 is 1.64 bits per heavy atom. The molecule has 11 heavy (non-hydrogen) atoms. The van der Waals surface area contributed by atoms with Gasteiger partial charge >= 0.3 is 0 Å². The first-order chi connectivity index (χ1) is 5.36. The quantitative estimate of drug-likeness (QED) is 0.699. The van der Waals surface area contributed by atoms with Crippen molar-refractivity contribution in [3.63, 3.8) is 0 Å². The van der Waals surface area contributed by atoms with E-state index in [0.717, 1.165) is 19.5 Å². The molecule has 0 bridgehead atoms. The summed E-state index contributed by atoms with van der Waals surface area (Å²) in [6, 6.07) is 0. The maximum absolute atomic E-state index is 4.20. The molecule has 0 aliphatic carbocycles. The van der Waals surface area contributed by atoms with Crippen LogP contribution in [0.2, 0.25) is 0 Å². The number of hydrogen-bond acceptors (Lipinski definition) is 2. The molecule has 1 heterocycles. The molecule has 0 saturated heterocycles. The molecule has 0 fully saturated rings. The summed E-state index contributed by atoms with van der Waals surface area (Å²) in [5.74, 6) is 0. The third-order valence-electron chi connectivity index (χ3n) is 1.52. The molecule has 0 unspecified atom stereocenters. The molecule has 1 aromatic rings. The Morgan fingerprint density at radius 2 is 2.45 bits per heavy atom. The third-order valence-corrected chi connectivity index (χ3v) is 1.52. The number of nitrogens with one attached hydrogen (secondary N) is 1. The number of rotatable bonds is 4. The first-order valence-corrected chi connectivity index (χ1v) is 4.02. The standard InChI is InChI=1S/C8H15N3/c1-3-4-11-7-8(5-9-2)6-10-11/h6-7,9H,3-5H2,1-2H3. The van der Waals surface area contributed by atoms with Crippen molar-refractivity contribution in [2.24, 2.45) is 0 Å². The minimum absolute atomic E-state index is 0.906. The fourth-order valence-electron chi connectivity index (χ4n) is 1.05. The maximum atomic E-state index is 4.20. The van der Waals surface area contributed by atoms with Crippen molar-refractivity contribution in [1.82, 2.24) is 15.1 Å². The monoisotopic (exact) mass is 153 g/mol. The molecule has 0 aliphatic heterocycles. The highest BCUT2D eigenvalue weighted by atomic mass is 15.3. The van der Waals surface area contributed by atoms with Gasteiger partial charge in [-0.25, -0.2) is 0 Å². The lowest BCUT2D eigenvalue weighted by Crippen LogP contribution is -2.03. The topological polar surface area (TPSA) is 29.9 Å². The van der Waals surface area contributed by atoms with Crippen molar-refractivity contribution in [2.45, 2.75) is 26.4 Å². The van der Waals surface area contributed by atoms with Crippen LogP contribution in [0.25, 0.3) is 0 Å². The van der Waals surface area contributed by atoms with E-state index in [2.05, 4.69) is 23.5 Å². The van der Waals surface area contributed by atoms with Crippen molar-refractivity contribution >= 4 is 0 Å². The van der Waals surface area contributed by atoms with Crippen molar-refractivity contribution in [2.75, 3.05) is 7.05 Å². The van der Waals surface area contributed by atoms with Gasteiger partial charge in [-0.2, -0.15) is 5.10 Å². The van der Waals surface area contributed by atoms with E-state index in [1.807, 2.05) is 17.9 Å². The molecule has 0 aliphatic rings. The van der Waals surface area contributed by atoms with Gasteiger partial charge in [-0.05, 0) is 13.5 Å². The molecular formula is C8H15N3. The highest BCUT2D eigenvalue weighted by molar-refractivity contribution is 5.02. The first-order valence-electron chi connectivity index (χ1n) is 4.02. The Balaban J connectivity index is 2.51. The zero-order chi connectivity index (χ0) is 8.10. The highest BCUT2D eigenvalue weighted by Crippen LogP contribution is 1.97. The summed E-state index contributed by atoms with van der Waals surface area (Å²) in [5, 5.41) is 7.29. The van der Waals surface area contributed by atoms with E-state index in [-0.39, 0.29) is 0 Å². The van der Waals surface area contributed by atoms with Crippen molar-refractivity contribution in [3.8, 4) is 0 Å². The fourth-order valence-corrected chi connectivity index (χ4v) is 1.05. The van der Waals surface area contributed by atoms with Crippen LogP contribution < -0.4 is 5.32 Å². The molecule has 0 aromatic carbocycles. The molecule has 0 spiro atoms. The van der Waals surface area contributed by atoms with Crippen LogP contribution >= 0.6 is 0 Å². The number of nitrogens with zero attached hydrogens (tertiary/aromatic N) is 2. The third kappa shape index (κ3) is 2.35. The minimum Gasteiger partial charge on any atom is -0.316 e. The van der Waals surface area contributed by atoms with Crippen LogP contribution in [0, 0.1) is 0 Å². The summed E-state index contributed by atoms with van der Waals surface area (Å²) < 4.78 is 1.98. The van der Waals surface area contributed by atoms with Crippen LogP contribution in [0.15, 0.2) is 12.4 Å². The molecule has 1 rings (SSSR count). The zero-order valence-corrected chi connectivity index (χ0v) is 7.17. The summed E-state index contributed by atoms with van der Waals surface area (Å²) in [7, 11) is 1.94. The van der Waals surface area contributed by atoms with Crippen LogP contribution in [0.5, 0.6) is 0 Å². The average molecular weight is 153 g/mol. The van der Waals surface area contributed by atoms with Gasteiger partial charge in [0.1, 0.15) is 0 Å². The minimum atomic E-state index is 0.906. The van der Waals surface area contributed by atoms with E-state index in [4.69, 9.17) is 0 Å². The summed E-state index contributed by atoms with van der Waals surface area (Å²) in [5.41, 5.74) is 1.25. The predicted octanol–water partition coefficient (Wildman–Crippen LogP) is 1.01. The van der Waals surface area contributed by atoms with Gasteiger partial charge in [-0.15, -0.1) is 0 Å². The molecule has 3 heteroatoms. The Bertz CT molecular complexity index is 184. The molecular weight excluding hydrogens is 138 g/mol. The molecule has 0 saturated carbocycles. The SMILES string of the molecule is CCCn1cc(CNC)cn1. The second kappa shape index (κ2) is 4.13. The zero-order valence-electron chi connectivity index (χ0n) is 7.17. The van der Waals surface area contributed by atoms with Gasteiger partial charge in [0, 0.05) is 24.8 Å². The number of aryl methyl sites for hydroxylation is 1. The Hall–Kier alpha value is -0.830. The van der Waals surface area contributed by atoms with Crippen LogP contribution in [0.3, 0.4) is 0 Å². The smallest absolute Gasteiger partial charge is 0.0534 e. The van der Waals surface area contributed by atoms with Crippen LogP contribution in [0.1, 0.15) is 18.9 Å². The highest BCUT2D eigenvalue weighted by Gasteiger charge is 1.94. The fraction of sp³-hybridized carbons (Fsp3) is 0.625. The van der Waals surface area contributed by atoms with Crippen molar-refractivity contribution in [1.29, 1.82) is 0 Å². The van der Waals surface area contributed by atoms with E-state index in [0.29, 0.717) is 0 Å². The molecule has 0 amide bonds. The number of aromatic nitrogens is 2. The summed E-state index contributed by atoms with van der Waals surface area (Å²) in [6.07, 6.45) is 5.13. The van der Waals surface area contributed by atoms with Crippen LogP contribution in [0.4, 0.5) is 0 Å². The van der Waals surface area contributed by atoms with Gasteiger partial charge in [0.25, 0.3) is 0 Å². The van der Waals surface area contributed by atoms with E-state index < -0.39 is 0 Å². The van der Waals surface area contributed by atoms with E-state index in [9.17, 15) is 0 Å². The predicted molar refractivity (Wildman–Crippen MR) is 45.3 cm³/mol. The maximum Gasteiger partial charge on any atom is 0.0534 e. The van der Waals surface area contributed by atoms with Gasteiger partial charge in [-0.1, -0.05) is 6.92 Å². The summed E-state index contributed by atoms with van der Waals surface area (Å²) >= 11 is 0. The lowest BCUT2D eigenvalue weighted by atomic mass is 10.4. The normalized spacial score (nSPS) is 10.4. The molecule has 1 aromatic heterocycles. The Labute approximate surface area is 67.4 Å². The van der Waals surface area contributed by atoms with Gasteiger partial charge in [0.15, 0.2) is 0 Å². The van der Waals surface area contributed by atoms with Crippen LogP contribution in [-0.2, 0) is 13.1 Å². The van der Waals surface area contributed by atoms with Gasteiger partial charge in [0.2, 0.25) is 0 Å². The van der Waals surface area contributed by atoms with Crippen molar-refractivity contribution < 1.29 is 0 Å². The number of hydrogen-bond donors (Lipinski definition) is 1.